The molecule has 2 aliphatic rings. The van der Waals surface area contributed by atoms with Crippen molar-refractivity contribution in [3.8, 4) is 5.75 Å². The minimum Gasteiger partial charge on any atom is -0.497 e. The number of carbonyl (C=O) groups excluding carboxylic acids is 2. The summed E-state index contributed by atoms with van der Waals surface area (Å²) in [6.07, 6.45) is 1.80. The number of methoxy groups -OCH3 is 1. The first-order chi connectivity index (χ1) is 18.3. The fraction of sp³-hybridized carbons (Fsp3) is 0.286. The van der Waals surface area contributed by atoms with Gasteiger partial charge < -0.3 is 15.0 Å². The zero-order valence-corrected chi connectivity index (χ0v) is 21.7. The lowest BCUT2D eigenvalue weighted by Gasteiger charge is -2.31. The van der Waals surface area contributed by atoms with Gasteiger partial charge in [-0.1, -0.05) is 6.07 Å². The first kappa shape index (κ1) is 25.9. The maximum atomic E-state index is 13.3. The van der Waals surface area contributed by atoms with Crippen LogP contribution in [-0.4, -0.2) is 51.3 Å². The Morgan fingerprint density at radius 1 is 1.00 bits per heavy atom. The lowest BCUT2D eigenvalue weighted by Crippen LogP contribution is -2.43. The van der Waals surface area contributed by atoms with E-state index in [1.807, 2.05) is 6.07 Å². The van der Waals surface area contributed by atoms with Crippen molar-refractivity contribution in [2.24, 2.45) is 5.92 Å². The number of sulfonamides is 1. The van der Waals surface area contributed by atoms with Gasteiger partial charge in [0, 0.05) is 36.6 Å². The van der Waals surface area contributed by atoms with Crippen molar-refractivity contribution in [3.63, 3.8) is 0 Å². The summed E-state index contributed by atoms with van der Waals surface area (Å²) in [5.41, 5.74) is 2.84. The third kappa shape index (κ3) is 5.14. The lowest BCUT2D eigenvalue weighted by molar-refractivity contribution is -0.120. The Morgan fingerprint density at radius 2 is 1.74 bits per heavy atom. The number of halogens is 1. The van der Waals surface area contributed by atoms with E-state index in [-0.39, 0.29) is 23.3 Å². The summed E-state index contributed by atoms with van der Waals surface area (Å²) in [4.78, 5) is 28.0. The molecule has 38 heavy (non-hydrogen) atoms. The second kappa shape index (κ2) is 10.5. The van der Waals surface area contributed by atoms with Crippen molar-refractivity contribution >= 4 is 33.2 Å². The Bertz CT molecular complexity index is 1460. The molecular weight excluding hydrogens is 509 g/mol. The standard InChI is InChI=1S/C28H28FN3O5S/c1-37-24-10-5-20(6-11-24)28(34)32-16-14-19-4-9-23(17-26(19)32)30-27(33)21-3-2-15-31(18-21)38(35,36)25-12-7-22(29)8-13-25/h4-13,17,21H,2-3,14-16,18H2,1H3,(H,30,33)/t21-/m1/s1. The van der Waals surface area contributed by atoms with Crippen LogP contribution in [0.15, 0.2) is 71.6 Å². The van der Waals surface area contributed by atoms with Gasteiger partial charge in [-0.3, -0.25) is 9.59 Å². The van der Waals surface area contributed by atoms with Crippen LogP contribution in [0.2, 0.25) is 0 Å². The molecule has 0 spiro atoms. The SMILES string of the molecule is COc1ccc(C(=O)N2CCc3ccc(NC(=O)[C@@H]4CCCN(S(=O)(=O)c5ccc(F)cc5)C4)cc32)cc1. The zero-order valence-electron chi connectivity index (χ0n) is 20.9. The van der Waals surface area contributed by atoms with Crippen LogP contribution in [0.1, 0.15) is 28.8 Å². The second-order valence-corrected chi connectivity index (χ2v) is 11.4. The van der Waals surface area contributed by atoms with Gasteiger partial charge in [-0.05, 0) is 85.5 Å². The smallest absolute Gasteiger partial charge is 0.258 e. The number of nitrogens with one attached hydrogen (secondary N) is 1. The Kier molecular flexibility index (Phi) is 7.18. The van der Waals surface area contributed by atoms with Crippen LogP contribution in [0.5, 0.6) is 5.75 Å². The molecule has 1 atom stereocenters. The van der Waals surface area contributed by atoms with Crippen molar-refractivity contribution in [2.45, 2.75) is 24.2 Å². The number of nitrogens with zero attached hydrogens (tertiary/aromatic N) is 2. The van der Waals surface area contributed by atoms with Crippen molar-refractivity contribution in [2.75, 3.05) is 37.0 Å². The molecule has 8 nitrogen and oxygen atoms in total. The van der Waals surface area contributed by atoms with Gasteiger partial charge in [0.15, 0.2) is 0 Å². The molecule has 3 aromatic rings. The quantitative estimate of drug-likeness (QED) is 0.511. The van der Waals surface area contributed by atoms with Crippen molar-refractivity contribution in [3.05, 3.63) is 83.7 Å². The number of amides is 2. The Morgan fingerprint density at radius 3 is 2.45 bits per heavy atom. The number of rotatable bonds is 6. The van der Waals surface area contributed by atoms with E-state index in [1.54, 1.807) is 48.4 Å². The fourth-order valence-electron chi connectivity index (χ4n) is 4.93. The Labute approximate surface area is 221 Å². The zero-order chi connectivity index (χ0) is 26.9. The number of ether oxygens (including phenoxy) is 1. The molecule has 198 valence electrons. The Hall–Kier alpha value is -3.76. The first-order valence-electron chi connectivity index (χ1n) is 12.4. The summed E-state index contributed by atoms with van der Waals surface area (Å²) in [6, 6.07) is 17.1. The summed E-state index contributed by atoms with van der Waals surface area (Å²) in [7, 11) is -2.27. The van der Waals surface area contributed by atoms with E-state index >= 15 is 0 Å². The highest BCUT2D eigenvalue weighted by molar-refractivity contribution is 7.89. The van der Waals surface area contributed by atoms with Crippen LogP contribution < -0.4 is 15.0 Å². The van der Waals surface area contributed by atoms with Crippen molar-refractivity contribution in [1.82, 2.24) is 4.31 Å². The third-order valence-electron chi connectivity index (χ3n) is 7.04. The highest BCUT2D eigenvalue weighted by atomic mass is 32.2. The number of piperidine rings is 1. The number of anilines is 2. The van der Waals surface area contributed by atoms with Crippen LogP contribution >= 0.6 is 0 Å². The highest BCUT2D eigenvalue weighted by Gasteiger charge is 2.34. The van der Waals surface area contributed by atoms with Crippen molar-refractivity contribution < 1.29 is 27.1 Å². The monoisotopic (exact) mass is 537 g/mol. The first-order valence-corrected chi connectivity index (χ1v) is 13.9. The number of hydrogen-bond donors (Lipinski definition) is 1. The summed E-state index contributed by atoms with van der Waals surface area (Å²) < 4.78 is 45.8. The molecule has 0 bridgehead atoms. The van der Waals surface area contributed by atoms with Gasteiger partial charge in [0.2, 0.25) is 15.9 Å². The normalized spacial score (nSPS) is 17.6. The van der Waals surface area contributed by atoms with E-state index in [2.05, 4.69) is 5.32 Å². The lowest BCUT2D eigenvalue weighted by atomic mass is 9.98. The molecule has 0 saturated carbocycles. The van der Waals surface area contributed by atoms with Gasteiger partial charge in [-0.15, -0.1) is 0 Å². The van der Waals surface area contributed by atoms with Crippen LogP contribution in [0.3, 0.4) is 0 Å². The average Bonchev–Trinajstić information content (AvgIpc) is 3.36. The van der Waals surface area contributed by atoms with Gasteiger partial charge >= 0.3 is 0 Å². The maximum Gasteiger partial charge on any atom is 0.258 e. The molecule has 0 aromatic heterocycles. The van der Waals surface area contributed by atoms with E-state index in [0.717, 1.165) is 23.4 Å². The predicted molar refractivity (Wildman–Crippen MR) is 141 cm³/mol. The molecule has 2 amide bonds. The van der Waals surface area contributed by atoms with E-state index in [1.165, 1.54) is 16.4 Å². The number of hydrogen-bond acceptors (Lipinski definition) is 5. The average molecular weight is 538 g/mol. The number of fused-ring (bicyclic) bond motifs is 1. The molecule has 0 radical (unpaired) electrons. The van der Waals surface area contributed by atoms with Gasteiger partial charge in [-0.25, -0.2) is 12.8 Å². The molecule has 5 rings (SSSR count). The van der Waals surface area contributed by atoms with E-state index in [4.69, 9.17) is 4.74 Å². The molecular formula is C28H28FN3O5S. The van der Waals surface area contributed by atoms with Gasteiger partial charge in [0.1, 0.15) is 11.6 Å². The number of benzene rings is 3. The van der Waals surface area contributed by atoms with E-state index in [9.17, 15) is 22.4 Å². The summed E-state index contributed by atoms with van der Waals surface area (Å²) >= 11 is 0. The van der Waals surface area contributed by atoms with Gasteiger partial charge in [0.25, 0.3) is 5.91 Å². The largest absolute Gasteiger partial charge is 0.497 e. The van der Waals surface area contributed by atoms with Crippen LogP contribution in [0.25, 0.3) is 0 Å². The number of carbonyl (C=O) groups is 2. The predicted octanol–water partition coefficient (Wildman–Crippen LogP) is 4.08. The molecule has 3 aromatic carbocycles. The summed E-state index contributed by atoms with van der Waals surface area (Å²) in [5, 5.41) is 2.91. The van der Waals surface area contributed by atoms with Crippen LogP contribution in [-0.2, 0) is 21.2 Å². The topological polar surface area (TPSA) is 96.0 Å². The van der Waals surface area contributed by atoms with Crippen LogP contribution in [0.4, 0.5) is 15.8 Å². The molecule has 2 aliphatic heterocycles. The van der Waals surface area contributed by atoms with Crippen LogP contribution in [0, 0.1) is 11.7 Å². The highest BCUT2D eigenvalue weighted by Crippen LogP contribution is 2.33. The van der Waals surface area contributed by atoms with Gasteiger partial charge in [0.05, 0.1) is 17.9 Å². The Balaban J connectivity index is 1.28. The maximum absolute atomic E-state index is 13.3. The summed E-state index contributed by atoms with van der Waals surface area (Å²) in [5.74, 6) is -0.804. The third-order valence-corrected chi connectivity index (χ3v) is 8.92. The van der Waals surface area contributed by atoms with Gasteiger partial charge in [-0.2, -0.15) is 4.31 Å². The van der Waals surface area contributed by atoms with Crippen molar-refractivity contribution in [1.29, 1.82) is 0 Å². The minimum absolute atomic E-state index is 0.000184. The second-order valence-electron chi connectivity index (χ2n) is 9.42. The fourth-order valence-corrected chi connectivity index (χ4v) is 6.46. The summed E-state index contributed by atoms with van der Waals surface area (Å²) in [6.45, 7) is 0.875. The molecule has 10 heteroatoms. The minimum atomic E-state index is -3.84. The molecule has 1 fully saturated rings. The molecule has 0 aliphatic carbocycles. The molecule has 1 saturated heterocycles. The molecule has 2 heterocycles. The van der Waals surface area contributed by atoms with E-state index < -0.39 is 21.8 Å². The molecule has 0 unspecified atom stereocenters. The molecule has 1 N–H and O–H groups in total. The van der Waals surface area contributed by atoms with E-state index in [0.29, 0.717) is 49.4 Å².